The summed E-state index contributed by atoms with van der Waals surface area (Å²) in [5, 5.41) is 2.43. The molecule has 1 saturated heterocycles. The molecule has 1 aliphatic heterocycles. The summed E-state index contributed by atoms with van der Waals surface area (Å²) in [5.41, 5.74) is 0. The van der Waals surface area contributed by atoms with E-state index in [9.17, 15) is 0 Å². The fourth-order valence-electron chi connectivity index (χ4n) is 2.57. The van der Waals surface area contributed by atoms with Crippen molar-refractivity contribution in [2.45, 2.75) is 12.8 Å². The number of ether oxygens (including phenoxy) is 2. The fourth-order valence-corrected chi connectivity index (χ4v) is 2.57. The van der Waals surface area contributed by atoms with Gasteiger partial charge >= 0.3 is 0 Å². The molecule has 3 heteroatoms. The molecule has 0 N–H and O–H groups in total. The molecule has 0 bridgehead atoms. The molecule has 0 unspecified atom stereocenters. The van der Waals surface area contributed by atoms with Crippen molar-refractivity contribution in [1.82, 2.24) is 4.90 Å². The largest absolute Gasteiger partial charge is 0.493 e. The maximum absolute atomic E-state index is 5.93. The van der Waals surface area contributed by atoms with Crippen LogP contribution in [0.15, 0.2) is 42.5 Å². The van der Waals surface area contributed by atoms with Gasteiger partial charge in [0.15, 0.2) is 0 Å². The minimum atomic E-state index is 0.780. The molecule has 0 saturated carbocycles. The minimum absolute atomic E-state index is 0.780. The minimum Gasteiger partial charge on any atom is -0.493 e. The van der Waals surface area contributed by atoms with E-state index in [1.807, 2.05) is 0 Å². The summed E-state index contributed by atoms with van der Waals surface area (Å²) >= 11 is 0. The van der Waals surface area contributed by atoms with Crippen LogP contribution in [0.4, 0.5) is 0 Å². The fraction of sp³-hybridized carbons (Fsp3) is 0.412. The van der Waals surface area contributed by atoms with Crippen LogP contribution in [0.25, 0.3) is 10.8 Å². The Hall–Kier alpha value is -1.58. The zero-order valence-corrected chi connectivity index (χ0v) is 11.8. The van der Waals surface area contributed by atoms with Crippen molar-refractivity contribution in [1.29, 1.82) is 0 Å². The molecule has 0 aromatic heterocycles. The van der Waals surface area contributed by atoms with Crippen LogP contribution < -0.4 is 4.74 Å². The van der Waals surface area contributed by atoms with Crippen molar-refractivity contribution >= 4 is 10.8 Å². The van der Waals surface area contributed by atoms with Crippen LogP contribution in [-0.4, -0.2) is 37.9 Å². The lowest BCUT2D eigenvalue weighted by Gasteiger charge is -2.13. The smallest absolute Gasteiger partial charge is 0.127 e. The molecule has 2 aromatic carbocycles. The molecule has 3 nitrogen and oxygen atoms in total. The van der Waals surface area contributed by atoms with Gasteiger partial charge in [-0.3, -0.25) is 4.90 Å². The Balaban J connectivity index is 1.47. The Kier molecular flexibility index (Phi) is 4.51. The third-order valence-electron chi connectivity index (χ3n) is 3.70. The quantitative estimate of drug-likeness (QED) is 0.753. The highest BCUT2D eigenvalue weighted by Gasteiger charge is 2.10. The van der Waals surface area contributed by atoms with Crippen molar-refractivity contribution in [2.24, 2.45) is 0 Å². The molecule has 2 aromatic rings. The predicted molar refractivity (Wildman–Crippen MR) is 81.1 cm³/mol. The van der Waals surface area contributed by atoms with E-state index in [1.54, 1.807) is 0 Å². The van der Waals surface area contributed by atoms with Crippen LogP contribution in [0, 0.1) is 0 Å². The Bertz CT molecular complexity index is 544. The van der Waals surface area contributed by atoms with Crippen molar-refractivity contribution in [3.8, 4) is 5.75 Å². The van der Waals surface area contributed by atoms with Crippen LogP contribution >= 0.6 is 0 Å². The van der Waals surface area contributed by atoms with Crippen LogP contribution in [0.5, 0.6) is 5.75 Å². The topological polar surface area (TPSA) is 21.7 Å². The number of hydrogen-bond donors (Lipinski definition) is 0. The van der Waals surface area contributed by atoms with Gasteiger partial charge in [-0.2, -0.15) is 0 Å². The average Bonchev–Trinajstić information content (AvgIpc) is 3.00. The molecule has 1 heterocycles. The highest BCUT2D eigenvalue weighted by atomic mass is 16.5. The summed E-state index contributed by atoms with van der Waals surface area (Å²) < 4.78 is 11.3. The number of fused-ring (bicyclic) bond motifs is 1. The van der Waals surface area contributed by atoms with Gasteiger partial charge in [0.05, 0.1) is 19.9 Å². The normalized spacial score (nSPS) is 15.8. The Morgan fingerprint density at radius 3 is 2.85 bits per heavy atom. The molecule has 0 spiro atoms. The third kappa shape index (κ3) is 3.30. The third-order valence-corrected chi connectivity index (χ3v) is 3.70. The van der Waals surface area contributed by atoms with Gasteiger partial charge < -0.3 is 9.47 Å². The number of benzene rings is 2. The lowest BCUT2D eigenvalue weighted by Crippen LogP contribution is -2.21. The predicted octanol–water partition coefficient (Wildman–Crippen LogP) is 3.29. The van der Waals surface area contributed by atoms with Gasteiger partial charge in [0, 0.05) is 18.5 Å². The highest BCUT2D eigenvalue weighted by Crippen LogP contribution is 2.25. The Labute approximate surface area is 120 Å². The van der Waals surface area contributed by atoms with Gasteiger partial charge in [0.1, 0.15) is 5.75 Å². The molecule has 1 aliphatic rings. The van der Waals surface area contributed by atoms with E-state index in [2.05, 4.69) is 47.4 Å². The van der Waals surface area contributed by atoms with Crippen LogP contribution in [0.2, 0.25) is 0 Å². The van der Waals surface area contributed by atoms with Gasteiger partial charge in [-0.15, -0.1) is 0 Å². The summed E-state index contributed by atoms with van der Waals surface area (Å²) in [4.78, 5) is 2.35. The summed E-state index contributed by atoms with van der Waals surface area (Å²) in [6.07, 6.45) is 2.24. The summed E-state index contributed by atoms with van der Waals surface area (Å²) in [6.45, 7) is 4.64. The molecule has 0 aliphatic carbocycles. The van der Waals surface area contributed by atoms with Crippen molar-refractivity contribution < 1.29 is 9.47 Å². The second kappa shape index (κ2) is 6.73. The lowest BCUT2D eigenvalue weighted by atomic mass is 10.1. The molecule has 1 fully saturated rings. The second-order valence-electron chi connectivity index (χ2n) is 5.19. The average molecular weight is 271 g/mol. The molecule has 0 radical (unpaired) electrons. The SMILES string of the molecule is c1ccc2c(OCCCCN3CCOC3)cccc2c1. The maximum atomic E-state index is 5.93. The van der Waals surface area contributed by atoms with Crippen molar-refractivity contribution in [2.75, 3.05) is 33.0 Å². The molecule has 0 atom stereocenters. The molecule has 20 heavy (non-hydrogen) atoms. The Morgan fingerprint density at radius 1 is 1.05 bits per heavy atom. The zero-order chi connectivity index (χ0) is 13.6. The molecule has 0 amide bonds. The van der Waals surface area contributed by atoms with Crippen LogP contribution in [-0.2, 0) is 4.74 Å². The Morgan fingerprint density at radius 2 is 1.95 bits per heavy atom. The van der Waals surface area contributed by atoms with Crippen LogP contribution in [0.1, 0.15) is 12.8 Å². The number of rotatable bonds is 6. The first kappa shape index (κ1) is 13.4. The van der Waals surface area contributed by atoms with E-state index in [4.69, 9.17) is 9.47 Å². The molecule has 106 valence electrons. The summed E-state index contributed by atoms with van der Waals surface area (Å²) in [5.74, 6) is 0.993. The van der Waals surface area contributed by atoms with E-state index in [-0.39, 0.29) is 0 Å². The summed E-state index contributed by atoms with van der Waals surface area (Å²) in [6, 6.07) is 14.6. The number of unbranched alkanes of at least 4 members (excludes halogenated alkanes) is 1. The van der Waals surface area contributed by atoms with E-state index in [0.29, 0.717) is 0 Å². The van der Waals surface area contributed by atoms with E-state index in [0.717, 1.165) is 51.6 Å². The van der Waals surface area contributed by atoms with E-state index >= 15 is 0 Å². The van der Waals surface area contributed by atoms with Gasteiger partial charge in [-0.05, 0) is 24.3 Å². The molecular weight excluding hydrogens is 250 g/mol. The van der Waals surface area contributed by atoms with E-state index in [1.165, 1.54) is 10.8 Å². The first-order chi connectivity index (χ1) is 9.93. The number of nitrogens with zero attached hydrogens (tertiary/aromatic N) is 1. The first-order valence-corrected chi connectivity index (χ1v) is 7.34. The molecular formula is C17H21NO2. The van der Waals surface area contributed by atoms with Gasteiger partial charge in [-0.25, -0.2) is 0 Å². The van der Waals surface area contributed by atoms with E-state index < -0.39 is 0 Å². The van der Waals surface area contributed by atoms with Crippen LogP contribution in [0.3, 0.4) is 0 Å². The van der Waals surface area contributed by atoms with Gasteiger partial charge in [0.2, 0.25) is 0 Å². The molecule has 3 rings (SSSR count). The summed E-state index contributed by atoms with van der Waals surface area (Å²) in [7, 11) is 0. The zero-order valence-electron chi connectivity index (χ0n) is 11.8. The first-order valence-electron chi connectivity index (χ1n) is 7.34. The van der Waals surface area contributed by atoms with Crippen molar-refractivity contribution in [3.63, 3.8) is 0 Å². The van der Waals surface area contributed by atoms with Gasteiger partial charge in [-0.1, -0.05) is 36.4 Å². The lowest BCUT2D eigenvalue weighted by molar-refractivity contribution is 0.138. The monoisotopic (exact) mass is 271 g/mol. The van der Waals surface area contributed by atoms with Crippen molar-refractivity contribution in [3.05, 3.63) is 42.5 Å². The maximum Gasteiger partial charge on any atom is 0.127 e. The number of hydrogen-bond acceptors (Lipinski definition) is 3. The van der Waals surface area contributed by atoms with Gasteiger partial charge in [0.25, 0.3) is 0 Å². The highest BCUT2D eigenvalue weighted by molar-refractivity contribution is 5.88. The second-order valence-corrected chi connectivity index (χ2v) is 5.19. The standard InChI is InChI=1S/C17H21NO2/c1-2-8-16-15(6-1)7-5-9-17(16)20-12-4-3-10-18-11-13-19-14-18/h1-2,5-9H,3-4,10-14H2.